The number of ether oxygens (including phenoxy) is 1. The van der Waals surface area contributed by atoms with Crippen LogP contribution >= 0.6 is 0 Å². The van der Waals surface area contributed by atoms with Gasteiger partial charge < -0.3 is 9.30 Å². The first-order chi connectivity index (χ1) is 9.55. The van der Waals surface area contributed by atoms with Gasteiger partial charge in [-0.25, -0.2) is 4.98 Å². The van der Waals surface area contributed by atoms with Gasteiger partial charge in [0.15, 0.2) is 0 Å². The Morgan fingerprint density at radius 2 is 2.20 bits per heavy atom. The third-order valence-electron chi connectivity index (χ3n) is 4.03. The average molecular weight is 269 g/mol. The van der Waals surface area contributed by atoms with E-state index in [1.807, 2.05) is 12.1 Å². The third-order valence-corrected chi connectivity index (χ3v) is 4.03. The minimum Gasteiger partial charge on any atom is -0.377 e. The lowest BCUT2D eigenvalue weighted by Crippen LogP contribution is -2.45. The Hall–Kier alpha value is -1.86. The molecule has 0 atom stereocenters. The number of hydrogen-bond donors (Lipinski definition) is 0. The lowest BCUT2D eigenvalue weighted by molar-refractivity contribution is -0.0297. The fourth-order valence-electron chi connectivity index (χ4n) is 2.70. The highest BCUT2D eigenvalue weighted by Gasteiger charge is 2.41. The highest BCUT2D eigenvalue weighted by molar-refractivity contribution is 5.77. The van der Waals surface area contributed by atoms with Crippen LogP contribution in [0.3, 0.4) is 0 Å². The van der Waals surface area contributed by atoms with Crippen LogP contribution in [-0.2, 0) is 23.6 Å². The van der Waals surface area contributed by atoms with Crippen LogP contribution in [0.1, 0.15) is 25.2 Å². The lowest BCUT2D eigenvalue weighted by Gasteiger charge is -2.35. The predicted octanol–water partition coefficient (Wildman–Crippen LogP) is 2.56. The van der Waals surface area contributed by atoms with Gasteiger partial charge in [-0.1, -0.05) is 19.9 Å². The van der Waals surface area contributed by atoms with Gasteiger partial charge in [-0.05, 0) is 23.6 Å². The van der Waals surface area contributed by atoms with E-state index in [4.69, 9.17) is 9.72 Å². The summed E-state index contributed by atoms with van der Waals surface area (Å²) in [5.74, 6) is 1.68. The number of fused-ring (bicyclic) bond motifs is 1. The molecule has 1 aromatic carbocycles. The molecule has 2 heterocycles. The molecule has 0 aliphatic carbocycles. The van der Waals surface area contributed by atoms with Crippen molar-refractivity contribution < 1.29 is 4.74 Å². The summed E-state index contributed by atoms with van der Waals surface area (Å²) in [7, 11) is 2.05. The molecule has 2 aromatic rings. The van der Waals surface area contributed by atoms with Crippen molar-refractivity contribution in [1.82, 2.24) is 9.55 Å². The van der Waals surface area contributed by atoms with E-state index in [0.29, 0.717) is 19.1 Å². The standard InChI is InChI=1S/C16H19N3O/c1-11(2)6-15-18-13-7-12(4-5-14(13)19(15)3)16(8-17)9-20-10-16/h4-5,7,11H,6,9-10H2,1-3H3. The second-order valence-electron chi connectivity index (χ2n) is 6.08. The molecule has 1 fully saturated rings. The normalized spacial score (nSPS) is 17.1. The number of aromatic nitrogens is 2. The van der Waals surface area contributed by atoms with Crippen molar-refractivity contribution in [2.45, 2.75) is 25.7 Å². The average Bonchev–Trinajstić information content (AvgIpc) is 2.65. The molecule has 1 saturated heterocycles. The molecule has 1 aromatic heterocycles. The Morgan fingerprint density at radius 1 is 1.45 bits per heavy atom. The van der Waals surface area contributed by atoms with Crippen molar-refractivity contribution in [1.29, 1.82) is 5.26 Å². The first-order valence-corrected chi connectivity index (χ1v) is 7.00. The summed E-state index contributed by atoms with van der Waals surface area (Å²) >= 11 is 0. The van der Waals surface area contributed by atoms with Crippen LogP contribution in [0.2, 0.25) is 0 Å². The van der Waals surface area contributed by atoms with Crippen molar-refractivity contribution in [2.75, 3.05) is 13.2 Å². The molecule has 0 radical (unpaired) electrons. The van der Waals surface area contributed by atoms with E-state index in [1.54, 1.807) is 0 Å². The van der Waals surface area contributed by atoms with Gasteiger partial charge in [0.05, 0.1) is 30.3 Å². The smallest absolute Gasteiger partial charge is 0.129 e. The van der Waals surface area contributed by atoms with Gasteiger partial charge in [-0.2, -0.15) is 5.26 Å². The summed E-state index contributed by atoms with van der Waals surface area (Å²) in [6, 6.07) is 8.54. The van der Waals surface area contributed by atoms with Gasteiger partial charge in [0.25, 0.3) is 0 Å². The molecule has 4 heteroatoms. The lowest BCUT2D eigenvalue weighted by atomic mass is 9.80. The van der Waals surface area contributed by atoms with Gasteiger partial charge in [-0.15, -0.1) is 0 Å². The highest BCUT2D eigenvalue weighted by atomic mass is 16.5. The van der Waals surface area contributed by atoms with E-state index >= 15 is 0 Å². The molecule has 3 rings (SSSR count). The molecule has 0 spiro atoms. The number of nitrogens with zero attached hydrogens (tertiary/aromatic N) is 3. The Morgan fingerprint density at radius 3 is 2.75 bits per heavy atom. The first-order valence-electron chi connectivity index (χ1n) is 7.00. The molecule has 4 nitrogen and oxygen atoms in total. The monoisotopic (exact) mass is 269 g/mol. The maximum Gasteiger partial charge on any atom is 0.129 e. The quantitative estimate of drug-likeness (QED) is 0.860. The predicted molar refractivity (Wildman–Crippen MR) is 77.4 cm³/mol. The summed E-state index contributed by atoms with van der Waals surface area (Å²) in [4.78, 5) is 4.73. The minimum absolute atomic E-state index is 0.468. The fraction of sp³-hybridized carbons (Fsp3) is 0.500. The Balaban J connectivity index is 2.06. The Labute approximate surface area is 119 Å². The zero-order valence-electron chi connectivity index (χ0n) is 12.2. The summed E-state index contributed by atoms with van der Waals surface area (Å²) < 4.78 is 7.38. The maximum absolute atomic E-state index is 9.39. The first kappa shape index (κ1) is 13.1. The molecule has 0 unspecified atom stereocenters. The summed E-state index contributed by atoms with van der Waals surface area (Å²) in [6.45, 7) is 5.36. The van der Waals surface area contributed by atoms with Crippen LogP contribution in [0.5, 0.6) is 0 Å². The zero-order valence-corrected chi connectivity index (χ0v) is 12.2. The van der Waals surface area contributed by atoms with Crippen molar-refractivity contribution in [3.8, 4) is 6.07 Å². The molecule has 0 amide bonds. The van der Waals surface area contributed by atoms with E-state index in [-0.39, 0.29) is 0 Å². The molecule has 0 N–H and O–H groups in total. The molecule has 0 bridgehead atoms. The van der Waals surface area contributed by atoms with Crippen molar-refractivity contribution in [3.63, 3.8) is 0 Å². The summed E-state index contributed by atoms with van der Waals surface area (Å²) in [6.07, 6.45) is 0.965. The van der Waals surface area contributed by atoms with Crippen LogP contribution < -0.4 is 0 Å². The maximum atomic E-state index is 9.39. The Bertz CT molecular complexity index is 690. The summed E-state index contributed by atoms with van der Waals surface area (Å²) in [5, 5.41) is 9.39. The number of nitriles is 1. The molecular formula is C16H19N3O. The van der Waals surface area contributed by atoms with E-state index in [0.717, 1.165) is 28.8 Å². The van der Waals surface area contributed by atoms with Crippen molar-refractivity contribution in [3.05, 3.63) is 29.6 Å². The SMILES string of the molecule is CC(C)Cc1nc2cc(C3(C#N)COC3)ccc2n1C. The van der Waals surface area contributed by atoms with E-state index in [2.05, 4.69) is 37.6 Å². The number of hydrogen-bond acceptors (Lipinski definition) is 3. The molecule has 0 saturated carbocycles. The third kappa shape index (κ3) is 1.90. The number of rotatable bonds is 3. The number of aryl methyl sites for hydroxylation is 1. The zero-order chi connectivity index (χ0) is 14.3. The second-order valence-corrected chi connectivity index (χ2v) is 6.08. The van der Waals surface area contributed by atoms with Gasteiger partial charge in [-0.3, -0.25) is 0 Å². The van der Waals surface area contributed by atoms with Gasteiger partial charge in [0, 0.05) is 13.5 Å². The van der Waals surface area contributed by atoms with E-state index in [9.17, 15) is 5.26 Å². The summed E-state index contributed by atoms with van der Waals surface area (Å²) in [5.41, 5.74) is 2.65. The highest BCUT2D eigenvalue weighted by Crippen LogP contribution is 2.33. The molecule has 20 heavy (non-hydrogen) atoms. The van der Waals surface area contributed by atoms with Crippen LogP contribution in [-0.4, -0.2) is 22.8 Å². The second kappa shape index (κ2) is 4.60. The fourth-order valence-corrected chi connectivity index (χ4v) is 2.70. The number of imidazole rings is 1. The van der Waals surface area contributed by atoms with Gasteiger partial charge in [0.1, 0.15) is 11.2 Å². The molecule has 1 aliphatic heterocycles. The van der Waals surface area contributed by atoms with E-state index in [1.165, 1.54) is 0 Å². The van der Waals surface area contributed by atoms with E-state index < -0.39 is 5.41 Å². The van der Waals surface area contributed by atoms with Crippen LogP contribution in [0, 0.1) is 17.2 Å². The van der Waals surface area contributed by atoms with Crippen molar-refractivity contribution >= 4 is 11.0 Å². The van der Waals surface area contributed by atoms with Crippen LogP contribution in [0.4, 0.5) is 0 Å². The molecule has 1 aliphatic rings. The van der Waals surface area contributed by atoms with Crippen LogP contribution in [0.25, 0.3) is 11.0 Å². The molecule has 104 valence electrons. The van der Waals surface area contributed by atoms with Gasteiger partial charge >= 0.3 is 0 Å². The van der Waals surface area contributed by atoms with Crippen LogP contribution in [0.15, 0.2) is 18.2 Å². The molecular weight excluding hydrogens is 250 g/mol. The minimum atomic E-state index is -0.468. The number of benzene rings is 1. The van der Waals surface area contributed by atoms with Gasteiger partial charge in [0.2, 0.25) is 0 Å². The topological polar surface area (TPSA) is 50.8 Å². The Kier molecular flexibility index (Phi) is 3.02. The van der Waals surface area contributed by atoms with Crippen molar-refractivity contribution in [2.24, 2.45) is 13.0 Å². The largest absolute Gasteiger partial charge is 0.377 e.